The molecule has 0 bridgehead atoms. The predicted molar refractivity (Wildman–Crippen MR) is 85.7 cm³/mol. The molecule has 2 rings (SSSR count). The van der Waals surface area contributed by atoms with Gasteiger partial charge in [0, 0.05) is 0 Å². The maximum absolute atomic E-state index is 11.9. The molecule has 1 saturated carbocycles. The van der Waals surface area contributed by atoms with E-state index in [-0.39, 0.29) is 11.3 Å². The standard InChI is InChI=1S/C16H17BrN2O4/c17-12-8-11(4-5-13(12)20)15(22)23-9-14(21)19-16(10-18)6-2-1-3-7-16/h4-5,8,20H,1-3,6-7,9H2,(H,19,21). The van der Waals surface area contributed by atoms with Gasteiger partial charge in [0.25, 0.3) is 5.91 Å². The largest absolute Gasteiger partial charge is 0.507 e. The highest BCUT2D eigenvalue weighted by molar-refractivity contribution is 9.10. The monoisotopic (exact) mass is 380 g/mol. The number of ether oxygens (including phenoxy) is 1. The van der Waals surface area contributed by atoms with Gasteiger partial charge in [-0.15, -0.1) is 0 Å². The summed E-state index contributed by atoms with van der Waals surface area (Å²) in [5.74, 6) is -1.15. The Morgan fingerprint density at radius 1 is 1.35 bits per heavy atom. The molecular weight excluding hydrogens is 364 g/mol. The maximum Gasteiger partial charge on any atom is 0.338 e. The molecule has 0 saturated heterocycles. The van der Waals surface area contributed by atoms with Gasteiger partial charge in [0.05, 0.1) is 16.1 Å². The maximum atomic E-state index is 11.9. The van der Waals surface area contributed by atoms with Crippen LogP contribution in [0.15, 0.2) is 22.7 Å². The quantitative estimate of drug-likeness (QED) is 0.782. The van der Waals surface area contributed by atoms with E-state index in [4.69, 9.17) is 4.74 Å². The van der Waals surface area contributed by atoms with Gasteiger partial charge in [-0.3, -0.25) is 4.79 Å². The van der Waals surface area contributed by atoms with Gasteiger partial charge < -0.3 is 15.2 Å². The van der Waals surface area contributed by atoms with E-state index < -0.39 is 24.0 Å². The lowest BCUT2D eigenvalue weighted by Crippen LogP contribution is -2.50. The highest BCUT2D eigenvalue weighted by atomic mass is 79.9. The van der Waals surface area contributed by atoms with Crippen LogP contribution in [0.25, 0.3) is 0 Å². The minimum absolute atomic E-state index is 0.00699. The van der Waals surface area contributed by atoms with Crippen molar-refractivity contribution >= 4 is 27.8 Å². The van der Waals surface area contributed by atoms with Gasteiger partial charge in [0.15, 0.2) is 6.61 Å². The van der Waals surface area contributed by atoms with Gasteiger partial charge in [0.2, 0.25) is 0 Å². The summed E-state index contributed by atoms with van der Waals surface area (Å²) >= 11 is 3.10. The van der Waals surface area contributed by atoms with Crippen molar-refractivity contribution in [3.63, 3.8) is 0 Å². The predicted octanol–water partition coefficient (Wildman–Crippen LogP) is 2.65. The molecule has 1 aromatic carbocycles. The number of phenolic OH excluding ortho intramolecular Hbond substituents is 1. The minimum atomic E-state index is -0.844. The molecule has 7 heteroatoms. The summed E-state index contributed by atoms with van der Waals surface area (Å²) in [4.78, 5) is 23.8. The molecule has 1 amide bonds. The summed E-state index contributed by atoms with van der Waals surface area (Å²) in [7, 11) is 0. The summed E-state index contributed by atoms with van der Waals surface area (Å²) in [6.45, 7) is -0.444. The number of nitrogens with zero attached hydrogens (tertiary/aromatic N) is 1. The molecule has 122 valence electrons. The molecule has 1 aliphatic carbocycles. The Morgan fingerprint density at radius 3 is 2.65 bits per heavy atom. The Morgan fingerprint density at radius 2 is 2.04 bits per heavy atom. The summed E-state index contributed by atoms with van der Waals surface area (Å²) in [5, 5.41) is 21.4. The van der Waals surface area contributed by atoms with Crippen LogP contribution in [-0.2, 0) is 9.53 Å². The number of carbonyl (C=O) groups excluding carboxylic acids is 2. The van der Waals surface area contributed by atoms with Crippen molar-refractivity contribution in [2.45, 2.75) is 37.6 Å². The van der Waals surface area contributed by atoms with Gasteiger partial charge in [0.1, 0.15) is 11.3 Å². The van der Waals surface area contributed by atoms with Crippen LogP contribution in [-0.4, -0.2) is 29.1 Å². The number of halogens is 1. The van der Waals surface area contributed by atoms with Gasteiger partial charge in [-0.1, -0.05) is 19.3 Å². The molecule has 0 spiro atoms. The average Bonchev–Trinajstić information content (AvgIpc) is 2.56. The van der Waals surface area contributed by atoms with Gasteiger partial charge in [-0.05, 0) is 47.0 Å². The van der Waals surface area contributed by atoms with Crippen molar-refractivity contribution < 1.29 is 19.4 Å². The van der Waals surface area contributed by atoms with Gasteiger partial charge in [-0.2, -0.15) is 5.26 Å². The molecule has 2 N–H and O–H groups in total. The molecule has 0 aliphatic heterocycles. The Bertz CT molecular complexity index is 648. The number of aromatic hydroxyl groups is 1. The van der Waals surface area contributed by atoms with Crippen LogP contribution in [0.2, 0.25) is 0 Å². The number of amides is 1. The van der Waals surface area contributed by atoms with Crippen LogP contribution in [0.3, 0.4) is 0 Å². The Balaban J connectivity index is 1.89. The lowest BCUT2D eigenvalue weighted by molar-refractivity contribution is -0.125. The second kappa shape index (κ2) is 7.47. The van der Waals surface area contributed by atoms with Crippen molar-refractivity contribution in [1.29, 1.82) is 5.26 Å². The Kier molecular flexibility index (Phi) is 5.61. The van der Waals surface area contributed by atoms with Crippen molar-refractivity contribution in [2.24, 2.45) is 0 Å². The van der Waals surface area contributed by atoms with Crippen molar-refractivity contribution in [1.82, 2.24) is 5.32 Å². The minimum Gasteiger partial charge on any atom is -0.507 e. The number of phenols is 1. The summed E-state index contributed by atoms with van der Waals surface area (Å²) in [5.41, 5.74) is -0.626. The molecule has 1 aliphatic rings. The lowest BCUT2D eigenvalue weighted by Gasteiger charge is -2.31. The topological polar surface area (TPSA) is 99.4 Å². The SMILES string of the molecule is N#CC1(NC(=O)COC(=O)c2ccc(O)c(Br)c2)CCCCC1. The number of rotatable bonds is 4. The number of hydrogen-bond donors (Lipinski definition) is 2. The number of carbonyl (C=O) groups is 2. The van der Waals surface area contributed by atoms with Gasteiger partial charge >= 0.3 is 5.97 Å². The van der Waals surface area contributed by atoms with Crippen LogP contribution in [0, 0.1) is 11.3 Å². The van der Waals surface area contributed by atoms with E-state index in [1.165, 1.54) is 18.2 Å². The Labute approximate surface area is 142 Å². The van der Waals surface area contributed by atoms with Crippen LogP contribution in [0.4, 0.5) is 0 Å². The lowest BCUT2D eigenvalue weighted by atomic mass is 9.83. The fourth-order valence-electron chi connectivity index (χ4n) is 2.57. The Hall–Kier alpha value is -2.07. The first-order chi connectivity index (χ1) is 11.0. The third kappa shape index (κ3) is 4.45. The summed E-state index contributed by atoms with van der Waals surface area (Å²) < 4.78 is 5.32. The molecule has 23 heavy (non-hydrogen) atoms. The summed E-state index contributed by atoms with van der Waals surface area (Å²) in [6, 6.07) is 6.34. The highest BCUT2D eigenvalue weighted by Gasteiger charge is 2.33. The number of benzene rings is 1. The van der Waals surface area contributed by atoms with Crippen LogP contribution in [0.1, 0.15) is 42.5 Å². The van der Waals surface area contributed by atoms with Crippen molar-refractivity contribution in [3.8, 4) is 11.8 Å². The van der Waals surface area contributed by atoms with E-state index in [2.05, 4.69) is 27.3 Å². The number of nitrogens with one attached hydrogen (secondary N) is 1. The average molecular weight is 381 g/mol. The fraction of sp³-hybridized carbons (Fsp3) is 0.438. The van der Waals surface area contributed by atoms with E-state index >= 15 is 0 Å². The second-order valence-corrected chi connectivity index (χ2v) is 6.40. The molecule has 0 heterocycles. The third-order valence-electron chi connectivity index (χ3n) is 3.82. The number of nitriles is 1. The molecule has 1 aromatic rings. The zero-order valence-electron chi connectivity index (χ0n) is 12.5. The van der Waals surface area contributed by atoms with Crippen molar-refractivity contribution in [2.75, 3.05) is 6.61 Å². The molecule has 6 nitrogen and oxygen atoms in total. The van der Waals surface area contributed by atoms with Crippen LogP contribution >= 0.6 is 15.9 Å². The number of esters is 1. The first kappa shape index (κ1) is 17.3. The first-order valence-electron chi connectivity index (χ1n) is 7.34. The van der Waals surface area contributed by atoms with Gasteiger partial charge in [-0.25, -0.2) is 4.79 Å². The second-order valence-electron chi connectivity index (χ2n) is 5.55. The zero-order chi connectivity index (χ0) is 16.9. The summed E-state index contributed by atoms with van der Waals surface area (Å²) in [6.07, 6.45) is 4.09. The molecule has 1 fully saturated rings. The zero-order valence-corrected chi connectivity index (χ0v) is 14.1. The molecular formula is C16H17BrN2O4. The van der Waals surface area contributed by atoms with E-state index in [0.717, 1.165) is 19.3 Å². The van der Waals surface area contributed by atoms with E-state index in [9.17, 15) is 20.0 Å². The molecule has 0 unspecified atom stereocenters. The van der Waals surface area contributed by atoms with E-state index in [1.54, 1.807) is 0 Å². The fourth-order valence-corrected chi connectivity index (χ4v) is 2.95. The van der Waals surface area contributed by atoms with Crippen molar-refractivity contribution in [3.05, 3.63) is 28.2 Å². The molecule has 0 radical (unpaired) electrons. The van der Waals surface area contributed by atoms with Crippen LogP contribution < -0.4 is 5.32 Å². The molecule has 0 aromatic heterocycles. The third-order valence-corrected chi connectivity index (χ3v) is 4.45. The normalized spacial score (nSPS) is 16.2. The first-order valence-corrected chi connectivity index (χ1v) is 8.13. The highest BCUT2D eigenvalue weighted by Crippen LogP contribution is 2.27. The van der Waals surface area contributed by atoms with E-state index in [0.29, 0.717) is 17.3 Å². The molecule has 0 atom stereocenters. The smallest absolute Gasteiger partial charge is 0.338 e. The number of hydrogen-bond acceptors (Lipinski definition) is 5. The van der Waals surface area contributed by atoms with E-state index in [1.807, 2.05) is 0 Å². The van der Waals surface area contributed by atoms with Crippen LogP contribution in [0.5, 0.6) is 5.75 Å².